The van der Waals surface area contributed by atoms with Crippen molar-refractivity contribution >= 4 is 16.9 Å². The molecule has 4 aromatic rings. The minimum Gasteiger partial charge on any atom is -0.357 e. The molecule has 4 rings (SSSR count). The number of carbonyl (C=O) groups excluding carboxylic acids is 1. The second-order valence-electron chi connectivity index (χ2n) is 6.33. The summed E-state index contributed by atoms with van der Waals surface area (Å²) < 4.78 is 1.77. The van der Waals surface area contributed by atoms with E-state index >= 15 is 0 Å². The van der Waals surface area contributed by atoms with Crippen LogP contribution in [-0.4, -0.2) is 25.8 Å². The van der Waals surface area contributed by atoms with Crippen LogP contribution in [0.1, 0.15) is 16.8 Å². The molecule has 2 heterocycles. The molecule has 2 aromatic carbocycles. The predicted molar refractivity (Wildman–Crippen MR) is 103 cm³/mol. The zero-order chi connectivity index (χ0) is 18.5. The van der Waals surface area contributed by atoms with Gasteiger partial charge in [-0.15, -0.1) is 0 Å². The number of para-hydroxylation sites is 1. The lowest BCUT2D eigenvalue weighted by molar-refractivity contribution is 0.240. The molecule has 0 radical (unpaired) electrons. The fourth-order valence-corrected chi connectivity index (χ4v) is 2.91. The fraction of sp³-hybridized carbons (Fsp3) is 0.150. The molecule has 2 amide bonds. The molecule has 7 heteroatoms. The number of aromatic amines is 1. The van der Waals surface area contributed by atoms with E-state index in [4.69, 9.17) is 0 Å². The van der Waals surface area contributed by atoms with Gasteiger partial charge in [-0.05, 0) is 28.6 Å². The third-order valence-electron chi connectivity index (χ3n) is 4.31. The normalized spacial score (nSPS) is 10.8. The first kappa shape index (κ1) is 16.8. The number of hydrogen-bond acceptors (Lipinski definition) is 3. The van der Waals surface area contributed by atoms with E-state index in [9.17, 15) is 4.79 Å². The highest BCUT2D eigenvalue weighted by atomic mass is 16.2. The summed E-state index contributed by atoms with van der Waals surface area (Å²) in [6.45, 7) is 1.61. The molecule has 0 aliphatic carbocycles. The van der Waals surface area contributed by atoms with Gasteiger partial charge in [0.1, 0.15) is 12.7 Å². The average molecular weight is 360 g/mol. The Hall–Kier alpha value is -3.61. The van der Waals surface area contributed by atoms with Crippen molar-refractivity contribution in [1.82, 2.24) is 30.4 Å². The smallest absolute Gasteiger partial charge is 0.315 e. The Kier molecular flexibility index (Phi) is 4.82. The number of H-pyrrole nitrogens is 1. The first-order chi connectivity index (χ1) is 13.3. The second kappa shape index (κ2) is 7.74. The summed E-state index contributed by atoms with van der Waals surface area (Å²) in [6, 6.07) is 18.0. The molecule has 7 nitrogen and oxygen atoms in total. The first-order valence-corrected chi connectivity index (χ1v) is 8.75. The average Bonchev–Trinajstić information content (AvgIpc) is 3.35. The van der Waals surface area contributed by atoms with Crippen LogP contribution in [0.3, 0.4) is 0 Å². The number of hydrogen-bond donors (Lipinski definition) is 3. The SMILES string of the molecule is O=C(NCc1ccc(Cn2cncn2)cc1)NCc1cc2ccccc2[nH]1. The molecular formula is C20H20N6O. The Balaban J connectivity index is 1.25. The summed E-state index contributed by atoms with van der Waals surface area (Å²) >= 11 is 0. The van der Waals surface area contributed by atoms with Gasteiger partial charge in [-0.2, -0.15) is 5.10 Å². The topological polar surface area (TPSA) is 87.6 Å². The molecule has 3 N–H and O–H groups in total. The lowest BCUT2D eigenvalue weighted by Gasteiger charge is -2.08. The molecular weight excluding hydrogens is 340 g/mol. The van der Waals surface area contributed by atoms with Crippen molar-refractivity contribution in [3.63, 3.8) is 0 Å². The van der Waals surface area contributed by atoms with Crippen LogP contribution >= 0.6 is 0 Å². The van der Waals surface area contributed by atoms with Gasteiger partial charge >= 0.3 is 6.03 Å². The molecule has 27 heavy (non-hydrogen) atoms. The number of benzene rings is 2. The van der Waals surface area contributed by atoms with Crippen molar-refractivity contribution in [2.24, 2.45) is 0 Å². The minimum absolute atomic E-state index is 0.194. The van der Waals surface area contributed by atoms with E-state index in [1.54, 1.807) is 11.0 Å². The molecule has 0 aliphatic rings. The zero-order valence-electron chi connectivity index (χ0n) is 14.7. The van der Waals surface area contributed by atoms with E-state index in [2.05, 4.69) is 25.7 Å². The van der Waals surface area contributed by atoms with Gasteiger partial charge in [0.25, 0.3) is 0 Å². The van der Waals surface area contributed by atoms with Gasteiger partial charge in [-0.25, -0.2) is 14.5 Å². The Morgan fingerprint density at radius 3 is 2.56 bits per heavy atom. The van der Waals surface area contributed by atoms with Gasteiger partial charge in [-0.1, -0.05) is 42.5 Å². The van der Waals surface area contributed by atoms with Crippen LogP contribution in [0, 0.1) is 0 Å². The third-order valence-corrected chi connectivity index (χ3v) is 4.31. The van der Waals surface area contributed by atoms with Crippen LogP contribution < -0.4 is 10.6 Å². The second-order valence-corrected chi connectivity index (χ2v) is 6.33. The summed E-state index contributed by atoms with van der Waals surface area (Å²) in [7, 11) is 0. The third kappa shape index (κ3) is 4.33. The van der Waals surface area contributed by atoms with Crippen LogP contribution in [-0.2, 0) is 19.6 Å². The van der Waals surface area contributed by atoms with Crippen molar-refractivity contribution < 1.29 is 4.79 Å². The number of aromatic nitrogens is 4. The van der Waals surface area contributed by atoms with Crippen molar-refractivity contribution in [1.29, 1.82) is 0 Å². The minimum atomic E-state index is -0.194. The zero-order valence-corrected chi connectivity index (χ0v) is 14.7. The van der Waals surface area contributed by atoms with Crippen molar-refractivity contribution in [2.45, 2.75) is 19.6 Å². The Morgan fingerprint density at radius 2 is 1.78 bits per heavy atom. The van der Waals surface area contributed by atoms with Crippen molar-refractivity contribution in [2.75, 3.05) is 0 Å². The van der Waals surface area contributed by atoms with Crippen LogP contribution in [0.4, 0.5) is 4.79 Å². The van der Waals surface area contributed by atoms with E-state index in [0.717, 1.165) is 27.7 Å². The van der Waals surface area contributed by atoms with Crippen molar-refractivity contribution in [3.05, 3.63) is 84.1 Å². The van der Waals surface area contributed by atoms with Crippen LogP contribution in [0.25, 0.3) is 10.9 Å². The van der Waals surface area contributed by atoms with Gasteiger partial charge < -0.3 is 15.6 Å². The number of carbonyl (C=O) groups is 1. The maximum Gasteiger partial charge on any atom is 0.315 e. The number of amides is 2. The molecule has 0 saturated carbocycles. The molecule has 0 spiro atoms. The molecule has 0 bridgehead atoms. The van der Waals surface area contributed by atoms with E-state index in [0.29, 0.717) is 19.6 Å². The fourth-order valence-electron chi connectivity index (χ4n) is 2.91. The van der Waals surface area contributed by atoms with E-state index < -0.39 is 0 Å². The summed E-state index contributed by atoms with van der Waals surface area (Å²) in [5.41, 5.74) is 4.22. The number of nitrogens with one attached hydrogen (secondary N) is 3. The van der Waals surface area contributed by atoms with Gasteiger partial charge in [0, 0.05) is 17.8 Å². The lowest BCUT2D eigenvalue weighted by atomic mass is 10.1. The molecule has 0 atom stereocenters. The lowest BCUT2D eigenvalue weighted by Crippen LogP contribution is -2.34. The molecule has 0 fully saturated rings. The molecule has 136 valence electrons. The summed E-state index contributed by atoms with van der Waals surface area (Å²) in [5.74, 6) is 0. The monoisotopic (exact) mass is 360 g/mol. The Bertz CT molecular complexity index is 987. The molecule has 0 aliphatic heterocycles. The maximum absolute atomic E-state index is 12.0. The Labute approximate surface area is 156 Å². The Morgan fingerprint density at radius 1 is 1.00 bits per heavy atom. The van der Waals surface area contributed by atoms with Crippen LogP contribution in [0.2, 0.25) is 0 Å². The standard InChI is InChI=1S/C20H20N6O/c27-20(23-11-18-9-17-3-1-2-4-19(17)25-18)22-10-15-5-7-16(8-6-15)12-26-14-21-13-24-26/h1-9,13-14,25H,10-12H2,(H2,22,23,27). The number of urea groups is 1. The molecule has 0 saturated heterocycles. The molecule has 0 unspecified atom stereocenters. The number of fused-ring (bicyclic) bond motifs is 1. The summed E-state index contributed by atoms with van der Waals surface area (Å²) in [5, 5.41) is 11.0. The van der Waals surface area contributed by atoms with Gasteiger partial charge in [0.15, 0.2) is 0 Å². The van der Waals surface area contributed by atoms with Gasteiger partial charge in [-0.3, -0.25) is 0 Å². The maximum atomic E-state index is 12.0. The summed E-state index contributed by atoms with van der Waals surface area (Å²) in [4.78, 5) is 19.3. The van der Waals surface area contributed by atoms with E-state index in [1.807, 2.05) is 54.6 Å². The highest BCUT2D eigenvalue weighted by molar-refractivity contribution is 5.80. The number of nitrogens with zero attached hydrogens (tertiary/aromatic N) is 3. The largest absolute Gasteiger partial charge is 0.357 e. The highest BCUT2D eigenvalue weighted by Crippen LogP contribution is 2.14. The van der Waals surface area contributed by atoms with Crippen molar-refractivity contribution in [3.8, 4) is 0 Å². The molecule has 2 aromatic heterocycles. The summed E-state index contributed by atoms with van der Waals surface area (Å²) in [6.07, 6.45) is 3.21. The van der Waals surface area contributed by atoms with Gasteiger partial charge in [0.2, 0.25) is 0 Å². The quantitative estimate of drug-likeness (QED) is 0.494. The number of rotatable bonds is 6. The van der Waals surface area contributed by atoms with E-state index in [-0.39, 0.29) is 6.03 Å². The first-order valence-electron chi connectivity index (χ1n) is 8.75. The predicted octanol–water partition coefficient (Wildman–Crippen LogP) is 2.81. The van der Waals surface area contributed by atoms with Gasteiger partial charge in [0.05, 0.1) is 13.1 Å². The van der Waals surface area contributed by atoms with Crippen LogP contribution in [0.5, 0.6) is 0 Å². The van der Waals surface area contributed by atoms with E-state index in [1.165, 1.54) is 6.33 Å². The van der Waals surface area contributed by atoms with Crippen LogP contribution in [0.15, 0.2) is 67.3 Å². The highest BCUT2D eigenvalue weighted by Gasteiger charge is 2.04.